The fourth-order valence-electron chi connectivity index (χ4n) is 2.00. The average Bonchev–Trinajstić information content (AvgIpc) is 2.76. The zero-order valence-electron chi connectivity index (χ0n) is 8.83. The van der Waals surface area contributed by atoms with Crippen molar-refractivity contribution in [2.75, 3.05) is 31.2 Å². The van der Waals surface area contributed by atoms with Crippen molar-refractivity contribution in [1.82, 2.24) is 9.71 Å². The maximum absolute atomic E-state index is 9.89. The zero-order chi connectivity index (χ0) is 11.0. The highest BCUT2D eigenvalue weighted by molar-refractivity contribution is 5.65. The molecule has 0 aliphatic carbocycles. The summed E-state index contributed by atoms with van der Waals surface area (Å²) in [4.78, 5) is 6.33. The van der Waals surface area contributed by atoms with Crippen molar-refractivity contribution in [3.63, 3.8) is 0 Å². The van der Waals surface area contributed by atoms with E-state index in [1.807, 2.05) is 12.1 Å². The molecule has 0 aromatic heterocycles. The topological polar surface area (TPSA) is 50.5 Å². The highest BCUT2D eigenvalue weighted by Crippen LogP contribution is 2.25. The lowest BCUT2D eigenvalue weighted by molar-refractivity contribution is 0.117. The number of hydrogen-bond acceptors (Lipinski definition) is 4. The highest BCUT2D eigenvalue weighted by atomic mass is 16.5. The van der Waals surface area contributed by atoms with Crippen LogP contribution in [0.5, 0.6) is 0 Å². The molecule has 0 amide bonds. The maximum Gasteiger partial charge on any atom is 0.146 e. The molecule has 1 N–H and O–H groups in total. The summed E-state index contributed by atoms with van der Waals surface area (Å²) in [5, 5.41) is 9.89. The monoisotopic (exact) mass is 219 g/mol. The van der Waals surface area contributed by atoms with Gasteiger partial charge in [0.05, 0.1) is 25.1 Å². The van der Waals surface area contributed by atoms with E-state index in [4.69, 9.17) is 4.74 Å². The van der Waals surface area contributed by atoms with Crippen molar-refractivity contribution < 1.29 is 9.94 Å². The van der Waals surface area contributed by atoms with Crippen molar-refractivity contribution in [3.8, 4) is 11.3 Å². The zero-order valence-corrected chi connectivity index (χ0v) is 8.83. The molecule has 3 rings (SSSR count). The number of aromatic nitrogens is 2. The number of fused-ring (bicyclic) bond motifs is 1. The quantitative estimate of drug-likeness (QED) is 0.729. The van der Waals surface area contributed by atoms with Crippen LogP contribution < -0.4 is 4.90 Å². The minimum atomic E-state index is 0.701. The Morgan fingerprint density at radius 2 is 2.12 bits per heavy atom. The van der Waals surface area contributed by atoms with E-state index in [9.17, 15) is 5.21 Å². The third-order valence-corrected chi connectivity index (χ3v) is 2.86. The Balaban J connectivity index is 2.02. The number of anilines is 1. The van der Waals surface area contributed by atoms with Gasteiger partial charge in [-0.05, 0) is 6.07 Å². The fraction of sp³-hybridized carbons (Fsp3) is 0.364. The first-order valence-corrected chi connectivity index (χ1v) is 5.34. The lowest BCUT2D eigenvalue weighted by Gasteiger charge is -2.29. The smallest absolute Gasteiger partial charge is 0.146 e. The van der Waals surface area contributed by atoms with Crippen molar-refractivity contribution in [1.29, 1.82) is 0 Å². The summed E-state index contributed by atoms with van der Waals surface area (Å²) in [5.74, 6) is 0.773. The Morgan fingerprint density at radius 1 is 1.31 bits per heavy atom. The van der Waals surface area contributed by atoms with Crippen LogP contribution in [-0.2, 0) is 4.74 Å². The molecule has 1 saturated heterocycles. The SMILES string of the molecule is On1cc2ccnc-2cc1N1CCOCC1. The average molecular weight is 219 g/mol. The molecule has 5 nitrogen and oxygen atoms in total. The molecule has 5 heteroatoms. The Morgan fingerprint density at radius 3 is 2.94 bits per heavy atom. The number of morpholine rings is 1. The Kier molecular flexibility index (Phi) is 2.18. The van der Waals surface area contributed by atoms with Gasteiger partial charge in [-0.1, -0.05) is 0 Å². The van der Waals surface area contributed by atoms with Crippen LogP contribution in [0.4, 0.5) is 5.82 Å². The molecule has 84 valence electrons. The first-order valence-electron chi connectivity index (χ1n) is 5.34. The van der Waals surface area contributed by atoms with Gasteiger partial charge >= 0.3 is 0 Å². The second kappa shape index (κ2) is 3.68. The van der Waals surface area contributed by atoms with Crippen molar-refractivity contribution >= 4 is 5.82 Å². The van der Waals surface area contributed by atoms with Gasteiger partial charge in [0.25, 0.3) is 0 Å². The second-order valence-electron chi connectivity index (χ2n) is 3.86. The van der Waals surface area contributed by atoms with Gasteiger partial charge in [0.1, 0.15) is 5.82 Å². The van der Waals surface area contributed by atoms with Crippen molar-refractivity contribution in [3.05, 3.63) is 24.5 Å². The summed E-state index contributed by atoms with van der Waals surface area (Å²) in [5.41, 5.74) is 1.85. The van der Waals surface area contributed by atoms with E-state index in [1.54, 1.807) is 12.4 Å². The molecule has 0 aromatic carbocycles. The van der Waals surface area contributed by atoms with Crippen LogP contribution in [0.15, 0.2) is 24.5 Å². The number of nitrogens with zero attached hydrogens (tertiary/aromatic N) is 3. The first-order chi connectivity index (χ1) is 7.84. The number of rotatable bonds is 1. The van der Waals surface area contributed by atoms with Crippen molar-refractivity contribution in [2.45, 2.75) is 0 Å². The van der Waals surface area contributed by atoms with Gasteiger partial charge in [0.2, 0.25) is 0 Å². The van der Waals surface area contributed by atoms with Gasteiger partial charge in [-0.3, -0.25) is 4.98 Å². The largest absolute Gasteiger partial charge is 0.427 e. The van der Waals surface area contributed by atoms with Gasteiger partial charge in [0.15, 0.2) is 0 Å². The molecule has 0 radical (unpaired) electrons. The van der Waals surface area contributed by atoms with Crippen LogP contribution in [0.3, 0.4) is 0 Å². The Bertz CT molecular complexity index is 463. The molecular weight excluding hydrogens is 206 g/mol. The third-order valence-electron chi connectivity index (χ3n) is 2.86. The second-order valence-corrected chi connectivity index (χ2v) is 3.86. The first kappa shape index (κ1) is 9.47. The van der Waals surface area contributed by atoms with Crippen LogP contribution in [0, 0.1) is 0 Å². The summed E-state index contributed by atoms with van der Waals surface area (Å²) < 4.78 is 6.45. The van der Waals surface area contributed by atoms with Crippen LogP contribution in [0.25, 0.3) is 11.3 Å². The van der Waals surface area contributed by atoms with E-state index in [-0.39, 0.29) is 0 Å². The van der Waals surface area contributed by atoms with E-state index < -0.39 is 0 Å². The fourth-order valence-corrected chi connectivity index (χ4v) is 2.00. The van der Waals surface area contributed by atoms with Crippen LogP contribution in [-0.4, -0.2) is 41.2 Å². The number of hydrogen-bond donors (Lipinski definition) is 1. The van der Waals surface area contributed by atoms with Gasteiger partial charge in [0, 0.05) is 30.9 Å². The minimum Gasteiger partial charge on any atom is -0.427 e. The van der Waals surface area contributed by atoms with Gasteiger partial charge in [-0.15, -0.1) is 0 Å². The summed E-state index contributed by atoms with van der Waals surface area (Å²) in [6, 6.07) is 3.78. The molecule has 0 bridgehead atoms. The normalized spacial score (nSPS) is 16.9. The molecule has 0 aromatic rings. The van der Waals surface area contributed by atoms with Crippen LogP contribution in [0.2, 0.25) is 0 Å². The van der Waals surface area contributed by atoms with E-state index in [0.29, 0.717) is 13.2 Å². The molecule has 3 heterocycles. The molecular formula is C11H13N3O2. The van der Waals surface area contributed by atoms with Crippen LogP contribution >= 0.6 is 0 Å². The summed E-state index contributed by atoms with van der Waals surface area (Å²) >= 11 is 0. The van der Waals surface area contributed by atoms with E-state index in [1.165, 1.54) is 0 Å². The number of ether oxygens (including phenoxy) is 1. The Labute approximate surface area is 93.2 Å². The number of pyridine rings is 1. The Hall–Kier alpha value is -1.75. The van der Waals surface area contributed by atoms with Gasteiger partial charge < -0.3 is 14.8 Å². The predicted octanol–water partition coefficient (Wildman–Crippen LogP) is 1.06. The van der Waals surface area contributed by atoms with Crippen molar-refractivity contribution in [2.24, 2.45) is 0 Å². The molecule has 3 aliphatic rings. The van der Waals surface area contributed by atoms with Crippen LogP contribution in [0.1, 0.15) is 0 Å². The minimum absolute atomic E-state index is 0.701. The standard InChI is InChI=1S/C11H13N3O2/c15-14-8-9-1-2-12-10(9)7-11(14)13-3-5-16-6-4-13/h1-2,7-8,15H,3-6H2. The third kappa shape index (κ3) is 1.49. The van der Waals surface area contributed by atoms with E-state index in [2.05, 4.69) is 9.88 Å². The van der Waals surface area contributed by atoms with E-state index >= 15 is 0 Å². The summed E-state index contributed by atoms with van der Waals surface area (Å²) in [6.45, 7) is 3.00. The molecule has 0 atom stereocenters. The van der Waals surface area contributed by atoms with Gasteiger partial charge in [-0.2, -0.15) is 4.73 Å². The summed E-state index contributed by atoms with van der Waals surface area (Å²) in [6.07, 6.45) is 3.43. The molecule has 0 saturated carbocycles. The maximum atomic E-state index is 9.89. The predicted molar refractivity (Wildman–Crippen MR) is 59.1 cm³/mol. The molecule has 16 heavy (non-hydrogen) atoms. The van der Waals surface area contributed by atoms with E-state index in [0.717, 1.165) is 34.9 Å². The molecule has 1 fully saturated rings. The highest BCUT2D eigenvalue weighted by Gasteiger charge is 2.17. The lowest BCUT2D eigenvalue weighted by atomic mass is 10.2. The molecule has 0 spiro atoms. The van der Waals surface area contributed by atoms with Gasteiger partial charge in [-0.25, -0.2) is 0 Å². The summed E-state index contributed by atoms with van der Waals surface area (Å²) in [7, 11) is 0. The molecule has 3 aliphatic heterocycles. The lowest BCUT2D eigenvalue weighted by Crippen LogP contribution is -2.37. The molecule has 0 unspecified atom stereocenters.